The highest BCUT2D eigenvalue weighted by Crippen LogP contribution is 2.18. The van der Waals surface area contributed by atoms with Crippen LogP contribution in [0.3, 0.4) is 0 Å². The molecule has 2 aromatic heterocycles. The molecule has 0 aliphatic heterocycles. The minimum Gasteiger partial charge on any atom is -0.480 e. The predicted molar refractivity (Wildman–Crippen MR) is 55.4 cm³/mol. The van der Waals surface area contributed by atoms with E-state index in [4.69, 9.17) is 10.8 Å². The minimum absolute atomic E-state index is 0.139. The van der Waals surface area contributed by atoms with Crippen molar-refractivity contribution >= 4 is 17.0 Å². The molecule has 0 aliphatic rings. The molecule has 16 heavy (non-hydrogen) atoms. The second-order valence-corrected chi connectivity index (χ2v) is 3.51. The smallest absolute Gasteiger partial charge is 0.320 e. The van der Waals surface area contributed by atoms with Gasteiger partial charge in [-0.25, -0.2) is 9.37 Å². The Balaban J connectivity index is 2.37. The first kappa shape index (κ1) is 10.6. The lowest BCUT2D eigenvalue weighted by atomic mass is 10.1. The van der Waals surface area contributed by atoms with Crippen LogP contribution in [-0.4, -0.2) is 27.1 Å². The van der Waals surface area contributed by atoms with Gasteiger partial charge in [0.2, 0.25) is 0 Å². The molecule has 4 N–H and O–H groups in total. The molecule has 6 heteroatoms. The van der Waals surface area contributed by atoms with Crippen LogP contribution in [0, 0.1) is 5.82 Å². The summed E-state index contributed by atoms with van der Waals surface area (Å²) in [5.74, 6) is -1.55. The Labute approximate surface area is 90.1 Å². The molecular formula is C10H10FN3O2. The van der Waals surface area contributed by atoms with Gasteiger partial charge in [-0.3, -0.25) is 4.79 Å². The van der Waals surface area contributed by atoms with Gasteiger partial charge in [0, 0.05) is 18.0 Å². The summed E-state index contributed by atoms with van der Waals surface area (Å²) < 4.78 is 13.0. The molecule has 0 bridgehead atoms. The van der Waals surface area contributed by atoms with E-state index in [2.05, 4.69) is 9.97 Å². The van der Waals surface area contributed by atoms with E-state index in [-0.39, 0.29) is 6.42 Å². The summed E-state index contributed by atoms with van der Waals surface area (Å²) in [4.78, 5) is 17.3. The Bertz CT molecular complexity index is 538. The van der Waals surface area contributed by atoms with E-state index < -0.39 is 17.8 Å². The third kappa shape index (κ3) is 1.87. The molecule has 2 aromatic rings. The van der Waals surface area contributed by atoms with Crippen molar-refractivity contribution in [3.63, 3.8) is 0 Å². The average molecular weight is 223 g/mol. The molecule has 0 radical (unpaired) electrons. The molecule has 0 spiro atoms. The predicted octanol–water partition coefficient (Wildman–Crippen LogP) is 0.656. The molecule has 1 atom stereocenters. The Morgan fingerprint density at radius 2 is 2.44 bits per heavy atom. The summed E-state index contributed by atoms with van der Waals surface area (Å²) in [5, 5.41) is 9.25. The number of carboxylic acids is 1. The van der Waals surface area contributed by atoms with Crippen LogP contribution >= 0.6 is 0 Å². The number of halogens is 1. The van der Waals surface area contributed by atoms with E-state index in [1.807, 2.05) is 0 Å². The fourth-order valence-electron chi connectivity index (χ4n) is 1.53. The van der Waals surface area contributed by atoms with Crippen LogP contribution < -0.4 is 5.73 Å². The highest BCUT2D eigenvalue weighted by Gasteiger charge is 2.15. The van der Waals surface area contributed by atoms with Crippen molar-refractivity contribution in [3.8, 4) is 0 Å². The van der Waals surface area contributed by atoms with Gasteiger partial charge in [0.1, 0.15) is 17.5 Å². The number of rotatable bonds is 3. The number of carboxylic acid groups (broad SMARTS) is 1. The topological polar surface area (TPSA) is 92.0 Å². The van der Waals surface area contributed by atoms with Gasteiger partial charge in [-0.2, -0.15) is 0 Å². The van der Waals surface area contributed by atoms with Crippen LogP contribution in [0.15, 0.2) is 18.5 Å². The van der Waals surface area contributed by atoms with Gasteiger partial charge in [-0.1, -0.05) is 0 Å². The first-order valence-electron chi connectivity index (χ1n) is 4.68. The highest BCUT2D eigenvalue weighted by atomic mass is 19.1. The van der Waals surface area contributed by atoms with E-state index in [0.29, 0.717) is 16.6 Å². The van der Waals surface area contributed by atoms with Gasteiger partial charge in [-0.05, 0) is 11.6 Å². The van der Waals surface area contributed by atoms with Crippen LogP contribution in [0.25, 0.3) is 11.0 Å². The van der Waals surface area contributed by atoms with Crippen molar-refractivity contribution in [2.75, 3.05) is 0 Å². The lowest BCUT2D eigenvalue weighted by molar-refractivity contribution is -0.138. The van der Waals surface area contributed by atoms with Crippen LogP contribution in [0.2, 0.25) is 0 Å². The largest absolute Gasteiger partial charge is 0.480 e. The number of hydrogen-bond donors (Lipinski definition) is 3. The number of aromatic amines is 1. The second-order valence-electron chi connectivity index (χ2n) is 3.51. The molecule has 84 valence electrons. The van der Waals surface area contributed by atoms with Gasteiger partial charge < -0.3 is 15.8 Å². The summed E-state index contributed by atoms with van der Waals surface area (Å²) >= 11 is 0. The van der Waals surface area contributed by atoms with Gasteiger partial charge in [0.15, 0.2) is 0 Å². The van der Waals surface area contributed by atoms with E-state index in [1.54, 1.807) is 6.20 Å². The number of carbonyl (C=O) groups is 1. The van der Waals surface area contributed by atoms with Crippen LogP contribution in [0.5, 0.6) is 0 Å². The second kappa shape index (κ2) is 3.90. The minimum atomic E-state index is -1.08. The third-order valence-electron chi connectivity index (χ3n) is 2.34. The number of H-pyrrole nitrogens is 1. The fourth-order valence-corrected chi connectivity index (χ4v) is 1.53. The standard InChI is InChI=1S/C10H10FN3O2/c11-6-2-7-5(1-8(12)10(15)16)3-13-9(7)14-4-6/h2-4,8H,1,12H2,(H,13,14)(H,15,16). The number of fused-ring (bicyclic) bond motifs is 1. The maximum absolute atomic E-state index is 13.0. The van der Waals surface area contributed by atoms with Crippen molar-refractivity contribution in [2.45, 2.75) is 12.5 Å². The molecule has 0 fully saturated rings. The van der Waals surface area contributed by atoms with Crippen LogP contribution in [0.1, 0.15) is 5.56 Å². The van der Waals surface area contributed by atoms with Gasteiger partial charge in [-0.15, -0.1) is 0 Å². The number of hydrogen-bond acceptors (Lipinski definition) is 3. The molecule has 0 aromatic carbocycles. The Morgan fingerprint density at radius 1 is 1.69 bits per heavy atom. The zero-order valence-electron chi connectivity index (χ0n) is 8.27. The number of nitrogens with one attached hydrogen (secondary N) is 1. The maximum Gasteiger partial charge on any atom is 0.320 e. The molecular weight excluding hydrogens is 213 g/mol. The molecule has 0 saturated carbocycles. The summed E-state index contributed by atoms with van der Waals surface area (Å²) in [6, 6.07) is 0.310. The Hall–Kier alpha value is -1.95. The molecule has 2 heterocycles. The van der Waals surface area contributed by atoms with E-state index in [9.17, 15) is 9.18 Å². The van der Waals surface area contributed by atoms with E-state index >= 15 is 0 Å². The van der Waals surface area contributed by atoms with Crippen molar-refractivity contribution in [3.05, 3.63) is 29.8 Å². The van der Waals surface area contributed by atoms with Crippen molar-refractivity contribution in [1.29, 1.82) is 0 Å². The molecule has 0 amide bonds. The monoisotopic (exact) mass is 223 g/mol. The van der Waals surface area contributed by atoms with Crippen molar-refractivity contribution in [1.82, 2.24) is 9.97 Å². The van der Waals surface area contributed by atoms with Crippen molar-refractivity contribution in [2.24, 2.45) is 5.73 Å². The van der Waals surface area contributed by atoms with Gasteiger partial charge >= 0.3 is 5.97 Å². The Morgan fingerprint density at radius 3 is 3.12 bits per heavy atom. The highest BCUT2D eigenvalue weighted by molar-refractivity contribution is 5.81. The van der Waals surface area contributed by atoms with Gasteiger partial charge in [0.25, 0.3) is 0 Å². The van der Waals surface area contributed by atoms with Gasteiger partial charge in [0.05, 0.1) is 6.20 Å². The summed E-state index contributed by atoms with van der Waals surface area (Å²) in [6.45, 7) is 0. The molecule has 0 aliphatic carbocycles. The number of aromatic nitrogens is 2. The SMILES string of the molecule is NC(Cc1c[nH]c2ncc(F)cc12)C(=O)O. The number of nitrogens with two attached hydrogens (primary N) is 1. The quantitative estimate of drug-likeness (QED) is 0.712. The summed E-state index contributed by atoms with van der Waals surface area (Å²) in [5.41, 5.74) is 6.58. The lowest BCUT2D eigenvalue weighted by Gasteiger charge is -2.04. The first-order chi connectivity index (χ1) is 7.58. The molecule has 0 saturated heterocycles. The van der Waals surface area contributed by atoms with Crippen molar-refractivity contribution < 1.29 is 14.3 Å². The average Bonchev–Trinajstić information content (AvgIpc) is 2.61. The number of aliphatic carboxylic acids is 1. The number of nitrogens with zero attached hydrogens (tertiary/aromatic N) is 1. The normalized spacial score (nSPS) is 12.9. The fraction of sp³-hybridized carbons (Fsp3) is 0.200. The van der Waals surface area contributed by atoms with E-state index in [1.165, 1.54) is 6.07 Å². The first-order valence-corrected chi connectivity index (χ1v) is 4.68. The third-order valence-corrected chi connectivity index (χ3v) is 2.34. The Kier molecular flexibility index (Phi) is 2.57. The molecule has 2 rings (SSSR count). The summed E-state index contributed by atoms with van der Waals surface area (Å²) in [6.07, 6.45) is 2.83. The lowest BCUT2D eigenvalue weighted by Crippen LogP contribution is -2.32. The molecule has 5 nitrogen and oxygen atoms in total. The van der Waals surface area contributed by atoms with Crippen LogP contribution in [-0.2, 0) is 11.2 Å². The van der Waals surface area contributed by atoms with Crippen LogP contribution in [0.4, 0.5) is 4.39 Å². The summed E-state index contributed by atoms with van der Waals surface area (Å²) in [7, 11) is 0. The number of pyridine rings is 1. The zero-order valence-corrected chi connectivity index (χ0v) is 8.27. The van der Waals surface area contributed by atoms with E-state index in [0.717, 1.165) is 6.20 Å². The molecule has 1 unspecified atom stereocenters. The maximum atomic E-state index is 13.0. The zero-order chi connectivity index (χ0) is 11.7.